The Labute approximate surface area is 501 Å². The lowest BCUT2D eigenvalue weighted by Crippen LogP contribution is -2.30. The van der Waals surface area contributed by atoms with Gasteiger partial charge in [0.1, 0.15) is 13.2 Å². The van der Waals surface area contributed by atoms with Gasteiger partial charge >= 0.3 is 17.9 Å². The summed E-state index contributed by atoms with van der Waals surface area (Å²) in [5.41, 5.74) is 0. The highest BCUT2D eigenvalue weighted by Crippen LogP contribution is 2.16. The number of hydrogen-bond donors (Lipinski definition) is 0. The van der Waals surface area contributed by atoms with Crippen LogP contribution in [0.25, 0.3) is 0 Å². The lowest BCUT2D eigenvalue weighted by molar-refractivity contribution is -0.167. The number of carbonyl (C=O) groups is 3. The Morgan fingerprint density at radius 1 is 0.259 bits per heavy atom. The first-order valence-electron chi connectivity index (χ1n) is 34.0. The minimum atomic E-state index is -0.791. The second kappa shape index (κ2) is 68.3. The summed E-state index contributed by atoms with van der Waals surface area (Å²) in [7, 11) is 0. The van der Waals surface area contributed by atoms with E-state index in [1.807, 2.05) is 0 Å². The van der Waals surface area contributed by atoms with Crippen molar-refractivity contribution in [2.24, 2.45) is 0 Å². The molecule has 462 valence electrons. The van der Waals surface area contributed by atoms with E-state index in [-0.39, 0.29) is 31.1 Å². The summed E-state index contributed by atoms with van der Waals surface area (Å²) in [6.07, 6.45) is 95.0. The zero-order valence-corrected chi connectivity index (χ0v) is 53.0. The average molecular weight is 1120 g/mol. The topological polar surface area (TPSA) is 78.9 Å². The van der Waals surface area contributed by atoms with Crippen LogP contribution in [0.3, 0.4) is 0 Å². The van der Waals surface area contributed by atoms with E-state index >= 15 is 0 Å². The zero-order valence-electron chi connectivity index (χ0n) is 53.0. The number of unbranched alkanes of at least 4 members (excludes halogenated alkanes) is 30. The summed E-state index contributed by atoms with van der Waals surface area (Å²) in [5.74, 6) is -0.906. The van der Waals surface area contributed by atoms with Gasteiger partial charge in [0.05, 0.1) is 0 Å². The predicted molar refractivity (Wildman–Crippen MR) is 353 cm³/mol. The summed E-state index contributed by atoms with van der Waals surface area (Å²) in [6, 6.07) is 0. The van der Waals surface area contributed by atoms with E-state index in [1.165, 1.54) is 135 Å². The smallest absolute Gasteiger partial charge is 0.306 e. The molecule has 0 aliphatic rings. The second-order valence-corrected chi connectivity index (χ2v) is 22.4. The number of allylic oxidation sites excluding steroid dienone is 20. The lowest BCUT2D eigenvalue weighted by Gasteiger charge is -2.18. The molecule has 0 saturated carbocycles. The molecule has 0 heterocycles. The molecular formula is C75H126O6. The first-order chi connectivity index (χ1) is 40.0. The second-order valence-electron chi connectivity index (χ2n) is 22.4. The minimum absolute atomic E-state index is 0.0873. The fourth-order valence-electron chi connectivity index (χ4n) is 9.37. The fraction of sp³-hybridized carbons (Fsp3) is 0.693. The van der Waals surface area contributed by atoms with Gasteiger partial charge in [-0.2, -0.15) is 0 Å². The van der Waals surface area contributed by atoms with Crippen molar-refractivity contribution >= 4 is 17.9 Å². The highest BCUT2D eigenvalue weighted by Gasteiger charge is 2.19. The summed E-state index contributed by atoms with van der Waals surface area (Å²) in [5, 5.41) is 0. The van der Waals surface area contributed by atoms with Crippen molar-refractivity contribution in [1.29, 1.82) is 0 Å². The highest BCUT2D eigenvalue weighted by molar-refractivity contribution is 5.71. The Kier molecular flexibility index (Phi) is 64.8. The maximum Gasteiger partial charge on any atom is 0.306 e. The molecule has 1 unspecified atom stereocenters. The molecule has 0 rings (SSSR count). The van der Waals surface area contributed by atoms with Crippen LogP contribution >= 0.6 is 0 Å². The monoisotopic (exact) mass is 1120 g/mol. The molecule has 0 aliphatic heterocycles. The SMILES string of the molecule is CC/C=C\C/C=C\C/C=C\C/C=C\C/C=C\C/C=C\C/C=C\C/C=C\C/C=C\CCCCCCCC(=O)OCC(COC(=O)CCCCCCC/C=C\CCCCC)OC(=O)CCCCCCCCCCCCCCCCCCCC. The van der Waals surface area contributed by atoms with Gasteiger partial charge in [0.2, 0.25) is 0 Å². The Morgan fingerprint density at radius 3 is 0.790 bits per heavy atom. The van der Waals surface area contributed by atoms with Crippen molar-refractivity contribution in [3.63, 3.8) is 0 Å². The standard InChI is InChI=1S/C75H126O6/c1-4-7-10-13-16-19-22-25-27-29-31-32-33-34-35-36-37-38-39-40-41-42-43-44-45-47-48-50-53-56-59-62-65-68-74(77)80-71-72(70-79-73(76)67-64-61-58-55-52-24-21-18-15-12-9-6-3)81-75(78)69-66-63-60-57-54-51-49-46-30-28-26-23-20-17-14-11-8-5-2/h7,10,16,18-19,21,25,27,31-32,34-35,37-38,40-41,43-44,47-48,72H,4-6,8-9,11-15,17,20,22-24,26,28-30,33,36,39,42,45-46,49-71H2,1-3H3/b10-7-,19-16-,21-18-,27-25-,32-31-,35-34-,38-37-,41-40-,44-43-,48-47-. The van der Waals surface area contributed by atoms with Crippen LogP contribution in [0.2, 0.25) is 0 Å². The van der Waals surface area contributed by atoms with E-state index in [1.54, 1.807) is 0 Å². The Balaban J connectivity index is 4.30. The average Bonchev–Trinajstić information content (AvgIpc) is 3.47. The first kappa shape index (κ1) is 76.8. The molecule has 0 fully saturated rings. The molecule has 0 aromatic heterocycles. The van der Waals surface area contributed by atoms with Crippen LogP contribution in [-0.2, 0) is 28.6 Å². The molecule has 0 saturated heterocycles. The predicted octanol–water partition coefficient (Wildman–Crippen LogP) is 23.6. The summed E-state index contributed by atoms with van der Waals surface area (Å²) < 4.78 is 16.9. The van der Waals surface area contributed by atoms with E-state index < -0.39 is 6.10 Å². The maximum absolute atomic E-state index is 12.9. The van der Waals surface area contributed by atoms with Gasteiger partial charge < -0.3 is 14.2 Å². The largest absolute Gasteiger partial charge is 0.462 e. The first-order valence-corrected chi connectivity index (χ1v) is 34.0. The van der Waals surface area contributed by atoms with Gasteiger partial charge in [-0.3, -0.25) is 14.4 Å². The van der Waals surface area contributed by atoms with Crippen LogP contribution in [0.5, 0.6) is 0 Å². The minimum Gasteiger partial charge on any atom is -0.462 e. The van der Waals surface area contributed by atoms with Crippen molar-refractivity contribution in [1.82, 2.24) is 0 Å². The Bertz CT molecular complexity index is 1670. The number of carbonyl (C=O) groups excluding carboxylic acids is 3. The summed E-state index contributed by atoms with van der Waals surface area (Å²) in [6.45, 7) is 6.51. The van der Waals surface area contributed by atoms with Crippen LogP contribution in [0.4, 0.5) is 0 Å². The fourth-order valence-corrected chi connectivity index (χ4v) is 9.37. The van der Waals surface area contributed by atoms with E-state index in [4.69, 9.17) is 14.2 Å². The van der Waals surface area contributed by atoms with Gasteiger partial charge in [-0.25, -0.2) is 0 Å². The summed E-state index contributed by atoms with van der Waals surface area (Å²) >= 11 is 0. The molecule has 0 aromatic rings. The molecule has 0 N–H and O–H groups in total. The molecule has 0 bridgehead atoms. The van der Waals surface area contributed by atoms with E-state index in [0.717, 1.165) is 141 Å². The maximum atomic E-state index is 12.9. The molecule has 0 aromatic carbocycles. The molecule has 6 heteroatoms. The Morgan fingerprint density at radius 2 is 0.481 bits per heavy atom. The molecule has 0 aliphatic carbocycles. The molecule has 1 atom stereocenters. The Hall–Kier alpha value is -4.19. The number of rotatable bonds is 61. The van der Waals surface area contributed by atoms with Crippen molar-refractivity contribution in [3.8, 4) is 0 Å². The number of ether oxygens (including phenoxy) is 3. The lowest BCUT2D eigenvalue weighted by atomic mass is 10.0. The highest BCUT2D eigenvalue weighted by atomic mass is 16.6. The normalized spacial score (nSPS) is 12.9. The van der Waals surface area contributed by atoms with Crippen molar-refractivity contribution in [2.75, 3.05) is 13.2 Å². The van der Waals surface area contributed by atoms with Crippen LogP contribution in [0, 0.1) is 0 Å². The van der Waals surface area contributed by atoms with Crippen LogP contribution in [0.15, 0.2) is 122 Å². The van der Waals surface area contributed by atoms with Gasteiger partial charge in [0.25, 0.3) is 0 Å². The quantitative estimate of drug-likeness (QED) is 0.0261. The molecule has 6 nitrogen and oxygen atoms in total. The van der Waals surface area contributed by atoms with Crippen molar-refractivity contribution in [2.45, 2.75) is 322 Å². The van der Waals surface area contributed by atoms with Crippen molar-refractivity contribution in [3.05, 3.63) is 122 Å². The van der Waals surface area contributed by atoms with E-state index in [0.29, 0.717) is 19.3 Å². The molecular weight excluding hydrogens is 997 g/mol. The van der Waals surface area contributed by atoms with Crippen LogP contribution < -0.4 is 0 Å². The zero-order chi connectivity index (χ0) is 58.5. The van der Waals surface area contributed by atoms with E-state index in [9.17, 15) is 14.4 Å². The number of hydrogen-bond acceptors (Lipinski definition) is 6. The van der Waals surface area contributed by atoms with Gasteiger partial charge in [-0.15, -0.1) is 0 Å². The summed E-state index contributed by atoms with van der Waals surface area (Å²) in [4.78, 5) is 38.3. The van der Waals surface area contributed by atoms with Crippen LogP contribution in [-0.4, -0.2) is 37.2 Å². The third-order valence-corrected chi connectivity index (χ3v) is 14.5. The molecule has 0 radical (unpaired) electrons. The van der Waals surface area contributed by atoms with E-state index in [2.05, 4.69) is 142 Å². The molecule has 81 heavy (non-hydrogen) atoms. The van der Waals surface area contributed by atoms with Gasteiger partial charge in [-0.1, -0.05) is 303 Å². The van der Waals surface area contributed by atoms with Gasteiger partial charge in [0, 0.05) is 19.3 Å². The number of esters is 3. The van der Waals surface area contributed by atoms with Gasteiger partial charge in [0.15, 0.2) is 6.10 Å². The van der Waals surface area contributed by atoms with Crippen LogP contribution in [0.1, 0.15) is 316 Å². The third-order valence-electron chi connectivity index (χ3n) is 14.5. The van der Waals surface area contributed by atoms with Crippen molar-refractivity contribution < 1.29 is 28.6 Å². The molecule has 0 spiro atoms. The third kappa shape index (κ3) is 66.5. The molecule has 0 amide bonds. The van der Waals surface area contributed by atoms with Gasteiger partial charge in [-0.05, 0) is 116 Å².